The van der Waals surface area contributed by atoms with Gasteiger partial charge in [-0.15, -0.1) is 0 Å². The molecule has 0 aliphatic rings. The van der Waals surface area contributed by atoms with Crippen LogP contribution in [0, 0.1) is 0 Å². The minimum absolute atomic E-state index is 0.0530. The number of hydrogen-bond donors (Lipinski definition) is 3. The van der Waals surface area contributed by atoms with Crippen LogP contribution >= 0.6 is 0 Å². The van der Waals surface area contributed by atoms with E-state index in [2.05, 4.69) is 4.98 Å². The van der Waals surface area contributed by atoms with Crippen LogP contribution in [0.2, 0.25) is 0 Å². The fourth-order valence-electron chi connectivity index (χ4n) is 3.11. The molecule has 0 fully saturated rings. The number of benzene rings is 2. The lowest BCUT2D eigenvalue weighted by Crippen LogP contribution is -2.29. The van der Waals surface area contributed by atoms with Crippen molar-refractivity contribution in [1.82, 2.24) is 4.98 Å². The van der Waals surface area contributed by atoms with Gasteiger partial charge in [0, 0.05) is 23.5 Å². The van der Waals surface area contributed by atoms with E-state index in [9.17, 15) is 15.0 Å². The van der Waals surface area contributed by atoms with Crippen LogP contribution in [0.1, 0.15) is 19.4 Å². The van der Waals surface area contributed by atoms with Crippen LogP contribution in [0.4, 0.5) is 0 Å². The molecule has 0 saturated heterocycles. The Morgan fingerprint density at radius 1 is 1.07 bits per heavy atom. The highest BCUT2D eigenvalue weighted by Gasteiger charge is 2.20. The second kappa shape index (κ2) is 10.1. The Kier molecular flexibility index (Phi) is 7.32. The highest BCUT2D eigenvalue weighted by atomic mass is 16.5. The molecule has 7 heteroatoms. The lowest BCUT2D eigenvalue weighted by atomic mass is 10.1. The van der Waals surface area contributed by atoms with Gasteiger partial charge in [-0.3, -0.25) is 0 Å². The normalized spacial score (nSPS) is 13.3. The zero-order valence-corrected chi connectivity index (χ0v) is 17.1. The molecule has 2 unspecified atom stereocenters. The molecule has 1 heterocycles. The van der Waals surface area contributed by atoms with Crippen molar-refractivity contribution in [3.63, 3.8) is 0 Å². The summed E-state index contributed by atoms with van der Waals surface area (Å²) in [5, 5.41) is 20.5. The summed E-state index contributed by atoms with van der Waals surface area (Å²) in [6.45, 7) is 3.75. The van der Waals surface area contributed by atoms with Gasteiger partial charge in [0.2, 0.25) is 0 Å². The first kappa shape index (κ1) is 21.7. The number of aliphatic carboxylic acids is 1. The molecule has 1 aromatic heterocycles. The lowest BCUT2D eigenvalue weighted by Gasteiger charge is -2.17. The van der Waals surface area contributed by atoms with E-state index in [4.69, 9.17) is 14.2 Å². The van der Waals surface area contributed by atoms with Gasteiger partial charge >= 0.3 is 5.97 Å². The molecule has 0 radical (unpaired) electrons. The number of aromatic nitrogens is 1. The molecule has 160 valence electrons. The van der Waals surface area contributed by atoms with Gasteiger partial charge in [-0.1, -0.05) is 18.2 Å². The summed E-state index contributed by atoms with van der Waals surface area (Å²) in [7, 11) is 0. The smallest absolute Gasteiger partial charge is 0.333 e. The van der Waals surface area contributed by atoms with Crippen molar-refractivity contribution in [3.8, 4) is 11.5 Å². The topological polar surface area (TPSA) is 101 Å². The highest BCUT2D eigenvalue weighted by molar-refractivity contribution is 5.85. The molecule has 0 amide bonds. The molecular formula is C23H27NO6. The van der Waals surface area contributed by atoms with Crippen LogP contribution in [0.5, 0.6) is 11.5 Å². The SMILES string of the molecule is CC(C)OC(Cc1cccc(OCC(O)COc2cccc3[nH]ccc23)c1)C(=O)O. The fraction of sp³-hybridized carbons (Fsp3) is 0.348. The van der Waals surface area contributed by atoms with E-state index in [1.165, 1.54) is 0 Å². The average Bonchev–Trinajstić information content (AvgIpc) is 3.19. The van der Waals surface area contributed by atoms with Crippen LogP contribution in [-0.4, -0.2) is 52.7 Å². The second-order valence-electron chi connectivity index (χ2n) is 7.33. The van der Waals surface area contributed by atoms with Crippen LogP contribution in [0.25, 0.3) is 10.9 Å². The van der Waals surface area contributed by atoms with Gasteiger partial charge in [-0.05, 0) is 49.7 Å². The fourth-order valence-corrected chi connectivity index (χ4v) is 3.11. The number of aliphatic hydroxyl groups is 1. The zero-order chi connectivity index (χ0) is 21.5. The number of ether oxygens (including phenoxy) is 3. The Morgan fingerprint density at radius 3 is 2.60 bits per heavy atom. The van der Waals surface area contributed by atoms with Crippen molar-refractivity contribution in [2.24, 2.45) is 0 Å². The molecule has 0 saturated carbocycles. The zero-order valence-electron chi connectivity index (χ0n) is 17.1. The molecule has 3 rings (SSSR count). The average molecular weight is 413 g/mol. The molecular weight excluding hydrogens is 386 g/mol. The van der Waals surface area contributed by atoms with Crippen molar-refractivity contribution < 1.29 is 29.2 Å². The number of fused-ring (bicyclic) bond motifs is 1. The van der Waals surface area contributed by atoms with Gasteiger partial charge in [0.05, 0.1) is 6.10 Å². The summed E-state index contributed by atoms with van der Waals surface area (Å²) < 4.78 is 16.9. The number of nitrogens with one attached hydrogen (secondary N) is 1. The third-order valence-corrected chi connectivity index (χ3v) is 4.46. The number of carboxylic acid groups (broad SMARTS) is 1. The van der Waals surface area contributed by atoms with Crippen molar-refractivity contribution in [3.05, 3.63) is 60.3 Å². The van der Waals surface area contributed by atoms with Gasteiger partial charge in [0.25, 0.3) is 0 Å². The van der Waals surface area contributed by atoms with Crippen molar-refractivity contribution in [2.75, 3.05) is 13.2 Å². The molecule has 0 aliphatic carbocycles. The van der Waals surface area contributed by atoms with Gasteiger partial charge in [0.15, 0.2) is 6.10 Å². The summed E-state index contributed by atoms with van der Waals surface area (Å²) in [6.07, 6.45) is 0.148. The predicted octanol–water partition coefficient (Wildman–Crippen LogP) is 3.41. The molecule has 0 spiro atoms. The van der Waals surface area contributed by atoms with Gasteiger partial charge in [-0.25, -0.2) is 4.79 Å². The van der Waals surface area contributed by atoms with E-state index in [0.717, 1.165) is 16.5 Å². The van der Waals surface area contributed by atoms with E-state index >= 15 is 0 Å². The third kappa shape index (κ3) is 5.98. The first-order chi connectivity index (χ1) is 14.4. The summed E-state index contributed by atoms with van der Waals surface area (Å²) in [5.41, 5.74) is 1.75. The van der Waals surface area contributed by atoms with Gasteiger partial charge in [0.1, 0.15) is 30.8 Å². The van der Waals surface area contributed by atoms with Crippen molar-refractivity contribution >= 4 is 16.9 Å². The Morgan fingerprint density at radius 2 is 1.83 bits per heavy atom. The number of carbonyl (C=O) groups is 1. The monoisotopic (exact) mass is 413 g/mol. The first-order valence-corrected chi connectivity index (χ1v) is 9.89. The Hall–Kier alpha value is -3.03. The van der Waals surface area contributed by atoms with E-state index in [1.54, 1.807) is 32.0 Å². The number of carboxylic acids is 1. The number of hydrogen-bond acceptors (Lipinski definition) is 5. The highest BCUT2D eigenvalue weighted by Crippen LogP contribution is 2.24. The van der Waals surface area contributed by atoms with Crippen LogP contribution < -0.4 is 9.47 Å². The summed E-state index contributed by atoms with van der Waals surface area (Å²) in [5.74, 6) is 0.243. The largest absolute Gasteiger partial charge is 0.491 e. The first-order valence-electron chi connectivity index (χ1n) is 9.89. The van der Waals surface area contributed by atoms with Gasteiger partial charge < -0.3 is 29.4 Å². The maximum Gasteiger partial charge on any atom is 0.333 e. The van der Waals surface area contributed by atoms with Crippen molar-refractivity contribution in [1.29, 1.82) is 0 Å². The predicted molar refractivity (Wildman–Crippen MR) is 113 cm³/mol. The standard InChI is InChI=1S/C23H27NO6/c1-15(2)30-22(23(26)27)12-16-5-3-6-18(11-16)28-13-17(25)14-29-21-8-4-7-20-19(21)9-10-24-20/h3-11,15,17,22,24-25H,12-14H2,1-2H3,(H,26,27). The van der Waals surface area contributed by atoms with Crippen LogP contribution in [0.15, 0.2) is 54.7 Å². The van der Waals surface area contributed by atoms with Crippen LogP contribution in [0.3, 0.4) is 0 Å². The maximum absolute atomic E-state index is 11.4. The van der Waals surface area contributed by atoms with E-state index in [1.807, 2.05) is 36.5 Å². The molecule has 0 bridgehead atoms. The van der Waals surface area contributed by atoms with E-state index < -0.39 is 18.2 Å². The van der Waals surface area contributed by atoms with Crippen LogP contribution in [-0.2, 0) is 16.0 Å². The molecule has 3 aromatic rings. The Bertz CT molecular complexity index is 967. The summed E-state index contributed by atoms with van der Waals surface area (Å²) >= 11 is 0. The molecule has 0 aliphatic heterocycles. The number of H-pyrrole nitrogens is 1. The quantitative estimate of drug-likeness (QED) is 0.445. The lowest BCUT2D eigenvalue weighted by molar-refractivity contribution is -0.153. The maximum atomic E-state index is 11.4. The number of rotatable bonds is 11. The van der Waals surface area contributed by atoms with E-state index in [0.29, 0.717) is 11.5 Å². The summed E-state index contributed by atoms with van der Waals surface area (Å²) in [6, 6.07) is 14.7. The molecule has 2 aromatic carbocycles. The molecule has 30 heavy (non-hydrogen) atoms. The Balaban J connectivity index is 1.52. The molecule has 7 nitrogen and oxygen atoms in total. The molecule has 3 N–H and O–H groups in total. The second-order valence-corrected chi connectivity index (χ2v) is 7.33. The number of aliphatic hydroxyl groups excluding tert-OH is 1. The number of aromatic amines is 1. The third-order valence-electron chi connectivity index (χ3n) is 4.46. The van der Waals surface area contributed by atoms with E-state index in [-0.39, 0.29) is 25.7 Å². The van der Waals surface area contributed by atoms with Gasteiger partial charge in [-0.2, -0.15) is 0 Å². The molecule has 2 atom stereocenters. The van der Waals surface area contributed by atoms with Crippen molar-refractivity contribution in [2.45, 2.75) is 38.6 Å². The minimum Gasteiger partial charge on any atom is -0.491 e. The Labute approximate surface area is 175 Å². The summed E-state index contributed by atoms with van der Waals surface area (Å²) in [4.78, 5) is 14.5. The minimum atomic E-state index is -1.000.